The Labute approximate surface area is 119 Å². The van der Waals surface area contributed by atoms with Gasteiger partial charge in [0.25, 0.3) is 0 Å². The summed E-state index contributed by atoms with van der Waals surface area (Å²) < 4.78 is 1.97. The van der Waals surface area contributed by atoms with E-state index >= 15 is 0 Å². The van der Waals surface area contributed by atoms with E-state index in [1.54, 1.807) is 0 Å². The van der Waals surface area contributed by atoms with Gasteiger partial charge in [-0.2, -0.15) is 0 Å². The number of nitrogens with two attached hydrogens (primary N) is 1. The molecule has 0 amide bonds. The largest absolute Gasteiger partial charge is 0.398 e. The topological polar surface area (TPSA) is 69.6 Å². The number of benzene rings is 1. The molecule has 0 aliphatic heterocycles. The van der Waals surface area contributed by atoms with Gasteiger partial charge < -0.3 is 5.73 Å². The zero-order valence-corrected chi connectivity index (χ0v) is 12.1. The first-order valence-corrected chi connectivity index (χ1v) is 7.29. The molecule has 5 heteroatoms. The molecule has 0 atom stereocenters. The van der Waals surface area contributed by atoms with Gasteiger partial charge in [-0.3, -0.25) is 0 Å². The molecule has 0 saturated heterocycles. The summed E-state index contributed by atoms with van der Waals surface area (Å²) in [5.74, 6) is 1.61. The third-order valence-electron chi connectivity index (χ3n) is 4.27. The van der Waals surface area contributed by atoms with Gasteiger partial charge in [0.15, 0.2) is 5.82 Å². The van der Waals surface area contributed by atoms with Crippen molar-refractivity contribution in [2.75, 3.05) is 5.73 Å². The number of hydrogen-bond donors (Lipinski definition) is 1. The summed E-state index contributed by atoms with van der Waals surface area (Å²) in [7, 11) is 0. The Hall–Kier alpha value is -1.91. The molecule has 2 aromatic rings. The third-order valence-corrected chi connectivity index (χ3v) is 4.27. The van der Waals surface area contributed by atoms with Crippen LogP contribution in [0.15, 0.2) is 18.2 Å². The highest BCUT2D eigenvalue weighted by molar-refractivity contribution is 5.72. The molecule has 1 aromatic heterocycles. The van der Waals surface area contributed by atoms with Crippen LogP contribution in [-0.4, -0.2) is 20.2 Å². The van der Waals surface area contributed by atoms with Gasteiger partial charge in [0, 0.05) is 11.3 Å². The number of anilines is 1. The highest BCUT2D eigenvalue weighted by atomic mass is 15.5. The Kier molecular flexibility index (Phi) is 3.42. The van der Waals surface area contributed by atoms with Crippen LogP contribution in [0.25, 0.3) is 11.4 Å². The van der Waals surface area contributed by atoms with Gasteiger partial charge in [0.2, 0.25) is 0 Å². The van der Waals surface area contributed by atoms with Crippen molar-refractivity contribution in [3.63, 3.8) is 0 Å². The van der Waals surface area contributed by atoms with Crippen LogP contribution in [0.4, 0.5) is 5.69 Å². The molecule has 1 saturated carbocycles. The summed E-state index contributed by atoms with van der Waals surface area (Å²) in [6.45, 7) is 4.37. The van der Waals surface area contributed by atoms with E-state index in [9.17, 15) is 0 Å². The highest BCUT2D eigenvalue weighted by Gasteiger charge is 2.24. The summed E-state index contributed by atoms with van der Waals surface area (Å²) >= 11 is 0. The lowest BCUT2D eigenvalue weighted by Gasteiger charge is -2.26. The number of tetrazole rings is 1. The SMILES string of the molecule is Cc1ccc(N)c(-c2nnnn2C2CCC(C)CC2)c1. The number of hydrogen-bond acceptors (Lipinski definition) is 4. The summed E-state index contributed by atoms with van der Waals surface area (Å²) in [4.78, 5) is 0. The Morgan fingerprint density at radius 2 is 1.95 bits per heavy atom. The summed E-state index contributed by atoms with van der Waals surface area (Å²) in [6.07, 6.45) is 4.77. The lowest BCUT2D eigenvalue weighted by molar-refractivity contribution is 0.272. The maximum atomic E-state index is 6.09. The molecular weight excluding hydrogens is 250 g/mol. The third kappa shape index (κ3) is 2.40. The first-order chi connectivity index (χ1) is 9.65. The van der Waals surface area contributed by atoms with Crippen LogP contribution in [0.5, 0.6) is 0 Å². The molecule has 5 nitrogen and oxygen atoms in total. The van der Waals surface area contributed by atoms with Gasteiger partial charge >= 0.3 is 0 Å². The molecule has 0 bridgehead atoms. The van der Waals surface area contributed by atoms with Gasteiger partial charge in [-0.1, -0.05) is 18.6 Å². The minimum absolute atomic E-state index is 0.399. The molecule has 1 heterocycles. The fourth-order valence-corrected chi connectivity index (χ4v) is 2.97. The second kappa shape index (κ2) is 5.23. The average molecular weight is 271 g/mol. The van der Waals surface area contributed by atoms with Crippen molar-refractivity contribution in [1.82, 2.24) is 20.2 Å². The molecule has 1 fully saturated rings. The van der Waals surface area contributed by atoms with Crippen LogP contribution >= 0.6 is 0 Å². The number of nitrogen functional groups attached to an aromatic ring is 1. The van der Waals surface area contributed by atoms with Crippen molar-refractivity contribution >= 4 is 5.69 Å². The number of aryl methyl sites for hydroxylation is 1. The van der Waals surface area contributed by atoms with Crippen molar-refractivity contribution in [2.24, 2.45) is 5.92 Å². The van der Waals surface area contributed by atoms with Crippen LogP contribution in [0.1, 0.15) is 44.2 Å². The van der Waals surface area contributed by atoms with Crippen LogP contribution in [-0.2, 0) is 0 Å². The lowest BCUT2D eigenvalue weighted by atomic mass is 9.87. The van der Waals surface area contributed by atoms with E-state index in [1.165, 1.54) is 18.4 Å². The average Bonchev–Trinajstić information content (AvgIpc) is 2.91. The Morgan fingerprint density at radius 3 is 2.70 bits per heavy atom. The molecular formula is C15H21N5. The zero-order valence-electron chi connectivity index (χ0n) is 12.1. The Morgan fingerprint density at radius 1 is 1.20 bits per heavy atom. The van der Waals surface area contributed by atoms with Crippen molar-refractivity contribution in [3.8, 4) is 11.4 Å². The maximum absolute atomic E-state index is 6.09. The molecule has 20 heavy (non-hydrogen) atoms. The molecule has 2 N–H and O–H groups in total. The van der Waals surface area contributed by atoms with Crippen molar-refractivity contribution in [3.05, 3.63) is 23.8 Å². The highest BCUT2D eigenvalue weighted by Crippen LogP contribution is 2.34. The molecule has 1 aromatic carbocycles. The fraction of sp³-hybridized carbons (Fsp3) is 0.533. The molecule has 0 unspecified atom stereocenters. The number of aromatic nitrogens is 4. The number of nitrogens with zero attached hydrogens (tertiary/aromatic N) is 4. The predicted octanol–water partition coefficient (Wildman–Crippen LogP) is 2.98. The van der Waals surface area contributed by atoms with Gasteiger partial charge in [0.05, 0.1) is 6.04 Å². The van der Waals surface area contributed by atoms with E-state index in [0.29, 0.717) is 6.04 Å². The van der Waals surface area contributed by atoms with Crippen LogP contribution in [0, 0.1) is 12.8 Å². The Balaban J connectivity index is 1.96. The molecule has 0 spiro atoms. The minimum Gasteiger partial charge on any atom is -0.398 e. The predicted molar refractivity (Wildman–Crippen MR) is 79.1 cm³/mol. The monoisotopic (exact) mass is 271 g/mol. The van der Waals surface area contributed by atoms with Crippen LogP contribution < -0.4 is 5.73 Å². The van der Waals surface area contributed by atoms with E-state index in [2.05, 4.69) is 35.4 Å². The molecule has 1 aliphatic carbocycles. The quantitative estimate of drug-likeness (QED) is 0.852. The molecule has 0 radical (unpaired) electrons. The molecule has 106 valence electrons. The normalized spacial score (nSPS) is 22.9. The van der Waals surface area contributed by atoms with E-state index < -0.39 is 0 Å². The van der Waals surface area contributed by atoms with E-state index in [0.717, 1.165) is 35.8 Å². The van der Waals surface area contributed by atoms with E-state index in [4.69, 9.17) is 5.73 Å². The van der Waals surface area contributed by atoms with Gasteiger partial charge in [-0.15, -0.1) is 5.10 Å². The van der Waals surface area contributed by atoms with Crippen LogP contribution in [0.3, 0.4) is 0 Å². The molecule has 3 rings (SSSR count). The lowest BCUT2D eigenvalue weighted by Crippen LogP contribution is -2.19. The van der Waals surface area contributed by atoms with E-state index in [1.807, 2.05) is 16.8 Å². The van der Waals surface area contributed by atoms with Gasteiger partial charge in [0.1, 0.15) is 0 Å². The number of rotatable bonds is 2. The fourth-order valence-electron chi connectivity index (χ4n) is 2.97. The van der Waals surface area contributed by atoms with Gasteiger partial charge in [-0.05, 0) is 61.1 Å². The first-order valence-electron chi connectivity index (χ1n) is 7.29. The van der Waals surface area contributed by atoms with Crippen molar-refractivity contribution in [1.29, 1.82) is 0 Å². The second-order valence-corrected chi connectivity index (χ2v) is 5.95. The van der Waals surface area contributed by atoms with Crippen LogP contribution in [0.2, 0.25) is 0 Å². The second-order valence-electron chi connectivity index (χ2n) is 5.95. The van der Waals surface area contributed by atoms with E-state index in [-0.39, 0.29) is 0 Å². The van der Waals surface area contributed by atoms with Gasteiger partial charge in [-0.25, -0.2) is 4.68 Å². The molecule has 1 aliphatic rings. The van der Waals surface area contributed by atoms with Crippen molar-refractivity contribution in [2.45, 2.75) is 45.6 Å². The maximum Gasteiger partial charge on any atom is 0.184 e. The summed E-state index contributed by atoms with van der Waals surface area (Å²) in [6, 6.07) is 6.39. The first kappa shape index (κ1) is 13.1. The summed E-state index contributed by atoms with van der Waals surface area (Å²) in [5, 5.41) is 12.3. The zero-order chi connectivity index (χ0) is 14.1. The standard InChI is InChI=1S/C15H21N5/c1-10-3-6-12(7-4-10)20-15(17-18-19-20)13-9-11(2)5-8-14(13)16/h5,8-10,12H,3-4,6-7,16H2,1-2H3. The smallest absolute Gasteiger partial charge is 0.184 e. The summed E-state index contributed by atoms with van der Waals surface area (Å²) in [5.41, 5.74) is 8.93. The Bertz CT molecular complexity index is 596. The van der Waals surface area contributed by atoms with Crippen molar-refractivity contribution < 1.29 is 0 Å². The minimum atomic E-state index is 0.399.